The summed E-state index contributed by atoms with van der Waals surface area (Å²) >= 11 is 0. The number of hydrogen-bond acceptors (Lipinski definition) is 3. The summed E-state index contributed by atoms with van der Waals surface area (Å²) < 4.78 is 0. The highest BCUT2D eigenvalue weighted by molar-refractivity contribution is 6.09. The third-order valence-corrected chi connectivity index (χ3v) is 5.06. The van der Waals surface area contributed by atoms with Crippen molar-refractivity contribution in [2.45, 2.75) is 38.1 Å². The lowest BCUT2D eigenvalue weighted by Crippen LogP contribution is -2.45. The second-order valence-corrected chi connectivity index (χ2v) is 6.72. The van der Waals surface area contributed by atoms with Crippen molar-refractivity contribution in [1.29, 1.82) is 0 Å². The number of carbonyl (C=O) groups excluding carboxylic acids is 2. The fourth-order valence-corrected chi connectivity index (χ4v) is 3.56. The van der Waals surface area contributed by atoms with Crippen LogP contribution in [0, 0.1) is 5.92 Å². The maximum atomic E-state index is 12.5. The van der Waals surface area contributed by atoms with Crippen molar-refractivity contribution in [3.63, 3.8) is 0 Å². The Balaban J connectivity index is 0.00000243. The lowest BCUT2D eigenvalue weighted by Gasteiger charge is -2.30. The molecule has 1 unspecified atom stereocenters. The Labute approximate surface area is 160 Å². The molecule has 0 radical (unpaired) electrons. The fourth-order valence-electron chi connectivity index (χ4n) is 3.56. The minimum absolute atomic E-state index is 0. The minimum atomic E-state index is -0.123. The minimum Gasteiger partial charge on any atom is -0.367 e. The average molecular weight is 376 g/mol. The van der Waals surface area contributed by atoms with Crippen LogP contribution in [0.3, 0.4) is 0 Å². The van der Waals surface area contributed by atoms with E-state index in [1.165, 1.54) is 19.3 Å². The van der Waals surface area contributed by atoms with Crippen LogP contribution in [0.2, 0.25) is 0 Å². The molecule has 2 aromatic rings. The molecule has 1 fully saturated rings. The summed E-state index contributed by atoms with van der Waals surface area (Å²) in [6.07, 6.45) is 9.35. The van der Waals surface area contributed by atoms with Crippen LogP contribution in [-0.2, 0) is 0 Å². The number of rotatable bonds is 6. The molecule has 6 heteroatoms. The number of aromatic nitrogens is 1. The van der Waals surface area contributed by atoms with Gasteiger partial charge in [0, 0.05) is 41.7 Å². The van der Waals surface area contributed by atoms with Crippen LogP contribution in [0.25, 0.3) is 0 Å². The van der Waals surface area contributed by atoms with Crippen LogP contribution >= 0.6 is 12.4 Å². The molecule has 3 rings (SSSR count). The van der Waals surface area contributed by atoms with Crippen molar-refractivity contribution < 1.29 is 9.59 Å². The normalized spacial score (nSPS) is 15.7. The summed E-state index contributed by atoms with van der Waals surface area (Å²) in [6, 6.07) is 8.55. The lowest BCUT2D eigenvalue weighted by molar-refractivity contribution is 0.0914. The first-order valence-corrected chi connectivity index (χ1v) is 8.97. The SMILES string of the molecule is Cl.NCC(NC(=O)c1ccc(C(=O)c2cc[nH]c2)cc1)C1CCCCC1. The van der Waals surface area contributed by atoms with E-state index in [2.05, 4.69) is 10.3 Å². The summed E-state index contributed by atoms with van der Waals surface area (Å²) in [7, 11) is 0. The van der Waals surface area contributed by atoms with Gasteiger partial charge in [0.15, 0.2) is 5.78 Å². The average Bonchev–Trinajstić information content (AvgIpc) is 3.21. The Kier molecular flexibility index (Phi) is 7.42. The van der Waals surface area contributed by atoms with Crippen LogP contribution in [0.1, 0.15) is 58.4 Å². The van der Waals surface area contributed by atoms with Gasteiger partial charge < -0.3 is 16.0 Å². The molecule has 1 aromatic carbocycles. The Morgan fingerprint density at radius 2 is 1.69 bits per heavy atom. The largest absolute Gasteiger partial charge is 0.367 e. The third kappa shape index (κ3) is 4.74. The monoisotopic (exact) mass is 375 g/mol. The van der Waals surface area contributed by atoms with Crippen LogP contribution in [0.15, 0.2) is 42.7 Å². The van der Waals surface area contributed by atoms with E-state index in [9.17, 15) is 9.59 Å². The van der Waals surface area contributed by atoms with Gasteiger partial charge in [-0.2, -0.15) is 0 Å². The van der Waals surface area contributed by atoms with Crippen molar-refractivity contribution in [2.75, 3.05) is 6.54 Å². The fraction of sp³-hybridized carbons (Fsp3) is 0.400. The molecule has 1 aliphatic carbocycles. The second-order valence-electron chi connectivity index (χ2n) is 6.72. The molecule has 1 aliphatic rings. The van der Waals surface area contributed by atoms with E-state index in [-0.39, 0.29) is 30.1 Å². The summed E-state index contributed by atoms with van der Waals surface area (Å²) in [5, 5.41) is 3.08. The number of hydrogen-bond donors (Lipinski definition) is 3. The highest BCUT2D eigenvalue weighted by Gasteiger charge is 2.24. The summed E-state index contributed by atoms with van der Waals surface area (Å²) in [4.78, 5) is 27.7. The Morgan fingerprint density at radius 3 is 2.27 bits per heavy atom. The van der Waals surface area contributed by atoms with E-state index in [0.717, 1.165) is 12.8 Å². The summed E-state index contributed by atoms with van der Waals surface area (Å²) in [5.74, 6) is 0.286. The number of nitrogens with two attached hydrogens (primary N) is 1. The molecule has 1 saturated carbocycles. The van der Waals surface area contributed by atoms with Gasteiger partial charge in [0.25, 0.3) is 5.91 Å². The van der Waals surface area contributed by atoms with Crippen LogP contribution in [-0.4, -0.2) is 29.3 Å². The van der Waals surface area contributed by atoms with Gasteiger partial charge in [-0.3, -0.25) is 9.59 Å². The van der Waals surface area contributed by atoms with Crippen molar-refractivity contribution >= 4 is 24.1 Å². The number of H-pyrrole nitrogens is 1. The number of aromatic amines is 1. The predicted octanol–water partition coefficient (Wildman–Crippen LogP) is 3.30. The van der Waals surface area contributed by atoms with E-state index in [1.54, 1.807) is 42.7 Å². The van der Waals surface area contributed by atoms with Crippen molar-refractivity contribution in [1.82, 2.24) is 10.3 Å². The van der Waals surface area contributed by atoms with E-state index in [4.69, 9.17) is 5.73 Å². The third-order valence-electron chi connectivity index (χ3n) is 5.06. The highest BCUT2D eigenvalue weighted by atomic mass is 35.5. The van der Waals surface area contributed by atoms with E-state index in [1.807, 2.05) is 0 Å². The molecule has 140 valence electrons. The second kappa shape index (κ2) is 9.55. The number of halogens is 1. The topological polar surface area (TPSA) is 88.0 Å². The number of nitrogens with one attached hydrogen (secondary N) is 2. The molecule has 1 amide bonds. The summed E-state index contributed by atoms with van der Waals surface area (Å²) in [5.41, 5.74) is 7.62. The number of ketones is 1. The Morgan fingerprint density at radius 1 is 1.04 bits per heavy atom. The zero-order chi connectivity index (χ0) is 17.6. The zero-order valence-electron chi connectivity index (χ0n) is 14.7. The molecule has 0 spiro atoms. The van der Waals surface area contributed by atoms with Crippen LogP contribution < -0.4 is 11.1 Å². The molecule has 1 atom stereocenters. The van der Waals surface area contributed by atoms with Gasteiger partial charge in [0.05, 0.1) is 0 Å². The molecule has 1 heterocycles. The molecule has 1 aromatic heterocycles. The predicted molar refractivity (Wildman–Crippen MR) is 105 cm³/mol. The Hall–Kier alpha value is -2.11. The first-order chi connectivity index (χ1) is 12.2. The van der Waals surface area contributed by atoms with Gasteiger partial charge >= 0.3 is 0 Å². The van der Waals surface area contributed by atoms with Crippen molar-refractivity contribution in [3.8, 4) is 0 Å². The van der Waals surface area contributed by atoms with E-state index in [0.29, 0.717) is 29.2 Å². The van der Waals surface area contributed by atoms with Gasteiger partial charge in [0.1, 0.15) is 0 Å². The van der Waals surface area contributed by atoms with E-state index < -0.39 is 0 Å². The van der Waals surface area contributed by atoms with Gasteiger partial charge in [-0.25, -0.2) is 0 Å². The first-order valence-electron chi connectivity index (χ1n) is 8.97. The highest BCUT2D eigenvalue weighted by Crippen LogP contribution is 2.26. The quantitative estimate of drug-likeness (QED) is 0.677. The molecule has 5 nitrogen and oxygen atoms in total. The van der Waals surface area contributed by atoms with Crippen LogP contribution in [0.5, 0.6) is 0 Å². The van der Waals surface area contributed by atoms with Gasteiger partial charge in [0.2, 0.25) is 0 Å². The van der Waals surface area contributed by atoms with Gasteiger partial charge in [-0.1, -0.05) is 31.4 Å². The van der Waals surface area contributed by atoms with Gasteiger partial charge in [-0.05, 0) is 37.0 Å². The molecular formula is C20H26ClN3O2. The van der Waals surface area contributed by atoms with E-state index >= 15 is 0 Å². The number of amides is 1. The lowest BCUT2D eigenvalue weighted by atomic mass is 9.84. The zero-order valence-corrected chi connectivity index (χ0v) is 15.6. The van der Waals surface area contributed by atoms with Crippen molar-refractivity contribution in [3.05, 3.63) is 59.4 Å². The smallest absolute Gasteiger partial charge is 0.251 e. The maximum Gasteiger partial charge on any atom is 0.251 e. The van der Waals surface area contributed by atoms with Crippen LogP contribution in [0.4, 0.5) is 0 Å². The number of benzene rings is 1. The number of carbonyl (C=O) groups is 2. The molecule has 0 saturated heterocycles. The molecule has 0 aliphatic heterocycles. The maximum absolute atomic E-state index is 12.5. The van der Waals surface area contributed by atoms with Crippen molar-refractivity contribution in [2.24, 2.45) is 11.7 Å². The van der Waals surface area contributed by atoms with Gasteiger partial charge in [-0.15, -0.1) is 12.4 Å². The molecule has 0 bridgehead atoms. The Bertz CT molecular complexity index is 707. The molecule has 26 heavy (non-hydrogen) atoms. The standard InChI is InChI=1S/C20H25N3O2.ClH/c21-12-18(14-4-2-1-3-5-14)23-20(25)16-8-6-15(7-9-16)19(24)17-10-11-22-13-17;/h6-11,13-14,18,22H,1-5,12,21H2,(H,23,25);1H. The molecular weight excluding hydrogens is 350 g/mol. The molecule has 4 N–H and O–H groups in total. The first kappa shape index (κ1) is 20.2. The summed E-state index contributed by atoms with van der Waals surface area (Å²) in [6.45, 7) is 0.459.